The molecule has 0 aliphatic carbocycles. The number of phenolic OH excluding ortho intramolecular Hbond substituents is 4. The zero-order valence-electron chi connectivity index (χ0n) is 28.2. The van der Waals surface area contributed by atoms with Gasteiger partial charge in [0.15, 0.2) is 48.0 Å². The molecule has 3 heterocycles. The normalized spacial score (nSPS) is 36.4. The number of esters is 1. The van der Waals surface area contributed by atoms with Crippen LogP contribution in [0.15, 0.2) is 42.5 Å². The van der Waals surface area contributed by atoms with Gasteiger partial charge >= 0.3 is 5.97 Å². The number of aliphatic hydroxyl groups excluding tert-OH is 7. The summed E-state index contributed by atoms with van der Waals surface area (Å²) >= 11 is 0. The Kier molecular flexibility index (Phi) is 13.5. The second kappa shape index (κ2) is 17.6. The SMILES string of the molecule is CC1OC(OC2C(O)C(OCCc3ccc(O)c(O)c3)OC(CO)C2OC(=O)/C=C/c2ccc(O)c(O)c2)C(OC2OCC(O)C(O)C2O)C(O)C1O. The highest BCUT2D eigenvalue weighted by molar-refractivity contribution is 5.87. The van der Waals surface area contributed by atoms with Gasteiger partial charge in [-0.1, -0.05) is 12.1 Å². The van der Waals surface area contributed by atoms with E-state index < -0.39 is 111 Å². The Labute approximate surface area is 302 Å². The van der Waals surface area contributed by atoms with Crippen LogP contribution < -0.4 is 0 Å². The molecule has 0 radical (unpaired) electrons. The molecule has 19 nitrogen and oxygen atoms in total. The van der Waals surface area contributed by atoms with Crippen molar-refractivity contribution < 1.29 is 94.1 Å². The monoisotopic (exact) mass is 756 g/mol. The highest BCUT2D eigenvalue weighted by Crippen LogP contribution is 2.34. The summed E-state index contributed by atoms with van der Waals surface area (Å²) in [6, 6.07) is 7.85. The number of ether oxygens (including phenoxy) is 7. The topological polar surface area (TPSA) is 304 Å². The van der Waals surface area contributed by atoms with Crippen molar-refractivity contribution in [2.75, 3.05) is 19.8 Å². The van der Waals surface area contributed by atoms with Gasteiger partial charge in [0.1, 0.15) is 54.9 Å². The lowest BCUT2D eigenvalue weighted by Gasteiger charge is -2.48. The molecule has 5 rings (SSSR count). The van der Waals surface area contributed by atoms with Gasteiger partial charge in [-0.2, -0.15) is 0 Å². The number of hydrogen-bond acceptors (Lipinski definition) is 19. The van der Waals surface area contributed by atoms with Gasteiger partial charge in [0.05, 0.1) is 25.9 Å². The summed E-state index contributed by atoms with van der Waals surface area (Å²) in [5.41, 5.74) is 0.834. The smallest absolute Gasteiger partial charge is 0.331 e. The molecule has 2 aromatic carbocycles. The van der Waals surface area contributed by atoms with Crippen molar-refractivity contribution >= 4 is 12.0 Å². The summed E-state index contributed by atoms with van der Waals surface area (Å²) in [7, 11) is 0. The van der Waals surface area contributed by atoms with Gasteiger partial charge in [0.2, 0.25) is 0 Å². The van der Waals surface area contributed by atoms with Crippen LogP contribution in [-0.4, -0.2) is 168 Å². The van der Waals surface area contributed by atoms with Gasteiger partial charge in [-0.05, 0) is 54.8 Å². The molecule has 0 spiro atoms. The Bertz CT molecular complexity index is 1560. The molecule has 0 amide bonds. The largest absolute Gasteiger partial charge is 0.504 e. The van der Waals surface area contributed by atoms with Crippen molar-refractivity contribution in [3.05, 3.63) is 53.6 Å². The van der Waals surface area contributed by atoms with Crippen LogP contribution in [0.4, 0.5) is 0 Å². The first kappa shape index (κ1) is 40.5. The highest BCUT2D eigenvalue weighted by Gasteiger charge is 2.54. The maximum atomic E-state index is 13.1. The summed E-state index contributed by atoms with van der Waals surface area (Å²) in [4.78, 5) is 13.1. The summed E-state index contributed by atoms with van der Waals surface area (Å²) < 4.78 is 40.1. The first-order chi connectivity index (χ1) is 25.2. The first-order valence-electron chi connectivity index (χ1n) is 16.6. The van der Waals surface area contributed by atoms with Gasteiger partial charge in [-0.25, -0.2) is 4.79 Å². The van der Waals surface area contributed by atoms with Crippen LogP contribution in [0.2, 0.25) is 0 Å². The predicted octanol–water partition coefficient (Wildman–Crippen LogP) is -2.55. The number of hydrogen-bond donors (Lipinski definition) is 11. The minimum Gasteiger partial charge on any atom is -0.504 e. The maximum absolute atomic E-state index is 13.1. The molecule has 2 aromatic rings. The number of rotatable bonds is 12. The fourth-order valence-corrected chi connectivity index (χ4v) is 5.94. The second-order valence-electron chi connectivity index (χ2n) is 12.8. The average Bonchev–Trinajstić information content (AvgIpc) is 3.13. The van der Waals surface area contributed by atoms with E-state index in [-0.39, 0.29) is 30.3 Å². The van der Waals surface area contributed by atoms with E-state index >= 15 is 0 Å². The molecule has 0 aromatic heterocycles. The Morgan fingerprint density at radius 2 is 1.43 bits per heavy atom. The van der Waals surface area contributed by atoms with Gasteiger partial charge in [0.25, 0.3) is 0 Å². The van der Waals surface area contributed by atoms with Crippen LogP contribution in [0.3, 0.4) is 0 Å². The quantitative estimate of drug-likeness (QED) is 0.0603. The van der Waals surface area contributed by atoms with Crippen molar-refractivity contribution in [2.24, 2.45) is 0 Å². The Morgan fingerprint density at radius 3 is 2.11 bits per heavy atom. The summed E-state index contributed by atoms with van der Waals surface area (Å²) in [6.07, 6.45) is -20.3. The second-order valence-corrected chi connectivity index (χ2v) is 12.8. The van der Waals surface area contributed by atoms with E-state index in [1.165, 1.54) is 49.4 Å². The number of aliphatic hydroxyl groups is 7. The predicted molar refractivity (Wildman–Crippen MR) is 174 cm³/mol. The first-order valence-corrected chi connectivity index (χ1v) is 16.6. The number of phenols is 4. The van der Waals surface area contributed by atoms with Crippen LogP contribution >= 0.6 is 0 Å². The molecule has 19 heteroatoms. The molecule has 0 saturated carbocycles. The van der Waals surface area contributed by atoms with E-state index in [9.17, 15) is 61.0 Å². The molecule has 3 aliphatic rings. The molecule has 3 aliphatic heterocycles. The van der Waals surface area contributed by atoms with Crippen LogP contribution in [0.5, 0.6) is 23.0 Å². The fraction of sp³-hybridized carbons (Fsp3) is 0.559. The van der Waals surface area contributed by atoms with Crippen LogP contribution in [0.1, 0.15) is 18.1 Å². The molecule has 3 saturated heterocycles. The number of benzene rings is 2. The Hall–Kier alpha value is -3.67. The van der Waals surface area contributed by atoms with Gasteiger partial charge in [-0.3, -0.25) is 0 Å². The van der Waals surface area contributed by atoms with Gasteiger partial charge < -0.3 is 89.3 Å². The number of carbonyl (C=O) groups is 1. The van der Waals surface area contributed by atoms with Gasteiger partial charge in [-0.15, -0.1) is 0 Å². The summed E-state index contributed by atoms with van der Waals surface area (Å²) in [5, 5.41) is 113. The van der Waals surface area contributed by atoms with E-state index in [1.807, 2.05) is 0 Å². The number of aromatic hydroxyl groups is 4. The Morgan fingerprint density at radius 1 is 0.755 bits per heavy atom. The van der Waals surface area contributed by atoms with Crippen molar-refractivity contribution in [1.82, 2.24) is 0 Å². The summed E-state index contributed by atoms with van der Waals surface area (Å²) in [5.74, 6) is -2.58. The maximum Gasteiger partial charge on any atom is 0.331 e. The summed E-state index contributed by atoms with van der Waals surface area (Å²) in [6.45, 7) is -0.0224. The van der Waals surface area contributed by atoms with E-state index in [4.69, 9.17) is 33.2 Å². The molecule has 11 N–H and O–H groups in total. The molecule has 14 unspecified atom stereocenters. The molecule has 294 valence electrons. The highest BCUT2D eigenvalue weighted by atomic mass is 16.8. The molecule has 3 fully saturated rings. The lowest BCUT2D eigenvalue weighted by Crippen LogP contribution is -2.66. The zero-order valence-corrected chi connectivity index (χ0v) is 28.2. The van der Waals surface area contributed by atoms with E-state index in [0.717, 1.165) is 6.08 Å². The van der Waals surface area contributed by atoms with Crippen LogP contribution in [-0.2, 0) is 44.4 Å². The average molecular weight is 757 g/mol. The fourth-order valence-electron chi connectivity index (χ4n) is 5.94. The van der Waals surface area contributed by atoms with Crippen LogP contribution in [0.25, 0.3) is 6.08 Å². The lowest BCUT2D eigenvalue weighted by molar-refractivity contribution is -0.381. The zero-order chi connectivity index (χ0) is 38.6. The molecule has 14 atom stereocenters. The minimum atomic E-state index is -1.82. The third-order valence-corrected chi connectivity index (χ3v) is 8.99. The van der Waals surface area contributed by atoms with Crippen LogP contribution in [0, 0.1) is 0 Å². The van der Waals surface area contributed by atoms with Crippen molar-refractivity contribution in [1.29, 1.82) is 0 Å². The number of carbonyl (C=O) groups excluding carboxylic acids is 1. The van der Waals surface area contributed by atoms with Gasteiger partial charge in [0, 0.05) is 6.08 Å². The Balaban J connectivity index is 1.39. The van der Waals surface area contributed by atoms with Crippen molar-refractivity contribution in [3.63, 3.8) is 0 Å². The third-order valence-electron chi connectivity index (χ3n) is 8.99. The van der Waals surface area contributed by atoms with E-state index in [1.54, 1.807) is 0 Å². The third kappa shape index (κ3) is 9.53. The molecule has 53 heavy (non-hydrogen) atoms. The standard InChI is InChI=1S/C34H44O19/c1-14-24(42)26(44)31(53-32-27(45)25(43)21(40)13-48-32)34(49-14)52-30-28(46)33(47-9-8-16-3-6-18(37)20(39)11-16)50-22(12-35)29(30)51-23(41)7-4-15-2-5-17(36)19(38)10-15/h2-7,10-11,14,21-22,24-40,42-46H,8-9,12-13H2,1H3/b7-4+. The van der Waals surface area contributed by atoms with Crippen molar-refractivity contribution in [2.45, 2.75) is 99.4 Å². The van der Waals surface area contributed by atoms with E-state index in [2.05, 4.69) is 0 Å². The molecular weight excluding hydrogens is 712 g/mol. The minimum absolute atomic E-state index is 0.137. The van der Waals surface area contributed by atoms with E-state index in [0.29, 0.717) is 11.1 Å². The van der Waals surface area contributed by atoms with Crippen molar-refractivity contribution in [3.8, 4) is 23.0 Å². The molecule has 0 bridgehead atoms. The molecular formula is C34H44O19. The lowest BCUT2D eigenvalue weighted by atomic mass is 9.96.